The molecule has 1 unspecified atom stereocenters. The van der Waals surface area contributed by atoms with E-state index in [1.165, 1.54) is 16.7 Å². The fraction of sp³-hybridized carbons (Fsp3) is 0.357. The summed E-state index contributed by atoms with van der Waals surface area (Å²) in [6.45, 7) is 6.20. The van der Waals surface area contributed by atoms with E-state index in [2.05, 4.69) is 37.1 Å². The number of aromatic nitrogens is 2. The molecule has 0 fully saturated rings. The minimum absolute atomic E-state index is 0.0932. The Hall–Kier alpha value is -1.61. The van der Waals surface area contributed by atoms with Gasteiger partial charge in [-0.3, -0.25) is 4.68 Å². The number of hydrogen-bond acceptors (Lipinski definition) is 2. The largest absolute Gasteiger partial charge is 0.320 e. The van der Waals surface area contributed by atoms with Gasteiger partial charge in [0.1, 0.15) is 0 Å². The van der Waals surface area contributed by atoms with E-state index in [0.29, 0.717) is 0 Å². The molecule has 1 aromatic heterocycles. The molecule has 0 aliphatic heterocycles. The van der Waals surface area contributed by atoms with E-state index in [4.69, 9.17) is 5.73 Å². The normalized spacial score (nSPS) is 12.8. The lowest BCUT2D eigenvalue weighted by Gasteiger charge is -2.14. The van der Waals surface area contributed by atoms with Crippen LogP contribution in [0.5, 0.6) is 0 Å². The molecule has 0 saturated carbocycles. The van der Waals surface area contributed by atoms with Gasteiger partial charge in [-0.15, -0.1) is 0 Å². The molecule has 0 aliphatic carbocycles. The zero-order valence-electron chi connectivity index (χ0n) is 10.9. The standard InChI is InChI=1S/C14H19N3/c1-9-5-6-12(10(2)7-9)14(15)13-8-17(4)16-11(13)3/h5-8,14H,15H2,1-4H3. The average molecular weight is 229 g/mol. The maximum absolute atomic E-state index is 6.33. The van der Waals surface area contributed by atoms with Crippen LogP contribution in [-0.4, -0.2) is 9.78 Å². The van der Waals surface area contributed by atoms with Crippen molar-refractivity contribution in [3.8, 4) is 0 Å². The van der Waals surface area contributed by atoms with Crippen molar-refractivity contribution in [3.05, 3.63) is 52.3 Å². The minimum atomic E-state index is -0.0932. The second-order valence-corrected chi connectivity index (χ2v) is 4.68. The SMILES string of the molecule is Cc1ccc(C(N)c2cn(C)nc2C)c(C)c1. The number of nitrogens with two attached hydrogens (primary N) is 1. The summed E-state index contributed by atoms with van der Waals surface area (Å²) in [5, 5.41) is 4.34. The van der Waals surface area contributed by atoms with E-state index in [1.54, 1.807) is 0 Å². The second-order valence-electron chi connectivity index (χ2n) is 4.68. The molecule has 3 heteroatoms. The quantitative estimate of drug-likeness (QED) is 0.859. The first-order valence-corrected chi connectivity index (χ1v) is 5.82. The first-order valence-electron chi connectivity index (χ1n) is 5.82. The highest BCUT2D eigenvalue weighted by atomic mass is 15.2. The Morgan fingerprint density at radius 2 is 1.88 bits per heavy atom. The van der Waals surface area contributed by atoms with E-state index in [-0.39, 0.29) is 6.04 Å². The minimum Gasteiger partial charge on any atom is -0.320 e. The van der Waals surface area contributed by atoms with Crippen LogP contribution in [0.25, 0.3) is 0 Å². The number of benzene rings is 1. The third kappa shape index (κ3) is 2.24. The van der Waals surface area contributed by atoms with Gasteiger partial charge in [-0.25, -0.2) is 0 Å². The van der Waals surface area contributed by atoms with Gasteiger partial charge in [0.15, 0.2) is 0 Å². The summed E-state index contributed by atoms with van der Waals surface area (Å²) in [4.78, 5) is 0. The van der Waals surface area contributed by atoms with Crippen LogP contribution in [0.15, 0.2) is 24.4 Å². The molecule has 2 aromatic rings. The lowest BCUT2D eigenvalue weighted by molar-refractivity contribution is 0.756. The molecular formula is C14H19N3. The van der Waals surface area contributed by atoms with Crippen molar-refractivity contribution < 1.29 is 0 Å². The van der Waals surface area contributed by atoms with Gasteiger partial charge >= 0.3 is 0 Å². The van der Waals surface area contributed by atoms with Crippen LogP contribution in [0.2, 0.25) is 0 Å². The van der Waals surface area contributed by atoms with Crippen molar-refractivity contribution in [2.75, 3.05) is 0 Å². The molecular weight excluding hydrogens is 210 g/mol. The molecule has 0 bridgehead atoms. The second kappa shape index (κ2) is 4.34. The van der Waals surface area contributed by atoms with E-state index in [1.807, 2.05) is 24.9 Å². The van der Waals surface area contributed by atoms with Gasteiger partial charge < -0.3 is 5.73 Å². The topological polar surface area (TPSA) is 43.8 Å². The van der Waals surface area contributed by atoms with Crippen LogP contribution in [0.3, 0.4) is 0 Å². The maximum atomic E-state index is 6.33. The highest BCUT2D eigenvalue weighted by molar-refractivity contribution is 5.39. The van der Waals surface area contributed by atoms with E-state index >= 15 is 0 Å². The Morgan fingerprint density at radius 3 is 2.41 bits per heavy atom. The highest BCUT2D eigenvalue weighted by Gasteiger charge is 2.15. The van der Waals surface area contributed by atoms with Crippen LogP contribution in [0.1, 0.15) is 34.0 Å². The lowest BCUT2D eigenvalue weighted by atomic mass is 9.95. The fourth-order valence-electron chi connectivity index (χ4n) is 2.27. The van der Waals surface area contributed by atoms with Crippen molar-refractivity contribution in [2.24, 2.45) is 12.8 Å². The van der Waals surface area contributed by atoms with Crippen LogP contribution < -0.4 is 5.73 Å². The molecule has 2 rings (SSSR count). The lowest BCUT2D eigenvalue weighted by Crippen LogP contribution is -2.13. The smallest absolute Gasteiger partial charge is 0.0644 e. The molecule has 1 atom stereocenters. The van der Waals surface area contributed by atoms with Gasteiger partial charge in [0.05, 0.1) is 11.7 Å². The van der Waals surface area contributed by atoms with Crippen LogP contribution in [0.4, 0.5) is 0 Å². The Labute approximate surface area is 102 Å². The maximum Gasteiger partial charge on any atom is 0.0644 e. The van der Waals surface area contributed by atoms with Gasteiger partial charge in [0, 0.05) is 18.8 Å². The van der Waals surface area contributed by atoms with Crippen LogP contribution in [-0.2, 0) is 7.05 Å². The summed E-state index contributed by atoms with van der Waals surface area (Å²) in [5.41, 5.74) is 12.1. The zero-order chi connectivity index (χ0) is 12.6. The highest BCUT2D eigenvalue weighted by Crippen LogP contribution is 2.25. The first-order chi connectivity index (χ1) is 7.99. The molecule has 0 saturated heterocycles. The van der Waals surface area contributed by atoms with E-state index in [0.717, 1.165) is 11.3 Å². The molecule has 0 radical (unpaired) electrons. The number of aryl methyl sites for hydroxylation is 4. The Kier molecular flexibility index (Phi) is 3.03. The summed E-state index contributed by atoms with van der Waals surface area (Å²) >= 11 is 0. The Balaban J connectivity index is 2.43. The van der Waals surface area contributed by atoms with Crippen LogP contribution in [0, 0.1) is 20.8 Å². The Bertz CT molecular complexity index is 540. The summed E-state index contributed by atoms with van der Waals surface area (Å²) in [7, 11) is 1.92. The van der Waals surface area contributed by atoms with Gasteiger partial charge in [-0.1, -0.05) is 23.8 Å². The van der Waals surface area contributed by atoms with Gasteiger partial charge in [-0.05, 0) is 31.9 Å². The summed E-state index contributed by atoms with van der Waals surface area (Å²) in [6.07, 6.45) is 2.00. The third-order valence-electron chi connectivity index (χ3n) is 3.15. The number of rotatable bonds is 2. The monoisotopic (exact) mass is 229 g/mol. The molecule has 0 spiro atoms. The predicted molar refractivity (Wildman–Crippen MR) is 69.9 cm³/mol. The Morgan fingerprint density at radius 1 is 1.18 bits per heavy atom. The van der Waals surface area contributed by atoms with E-state index in [9.17, 15) is 0 Å². The number of nitrogens with zero attached hydrogens (tertiary/aromatic N) is 2. The molecule has 1 aromatic carbocycles. The van der Waals surface area contributed by atoms with Crippen molar-refractivity contribution in [2.45, 2.75) is 26.8 Å². The molecule has 1 heterocycles. The molecule has 90 valence electrons. The van der Waals surface area contributed by atoms with Crippen molar-refractivity contribution in [1.82, 2.24) is 9.78 Å². The van der Waals surface area contributed by atoms with Gasteiger partial charge in [0.2, 0.25) is 0 Å². The average Bonchev–Trinajstić information content (AvgIpc) is 2.57. The summed E-state index contributed by atoms with van der Waals surface area (Å²) in [6, 6.07) is 6.29. The zero-order valence-corrected chi connectivity index (χ0v) is 10.9. The molecule has 2 N–H and O–H groups in total. The molecule has 0 aliphatic rings. The van der Waals surface area contributed by atoms with Crippen molar-refractivity contribution in [3.63, 3.8) is 0 Å². The molecule has 3 nitrogen and oxygen atoms in total. The summed E-state index contributed by atoms with van der Waals surface area (Å²) in [5.74, 6) is 0. The molecule has 17 heavy (non-hydrogen) atoms. The molecule has 0 amide bonds. The fourth-order valence-corrected chi connectivity index (χ4v) is 2.27. The summed E-state index contributed by atoms with van der Waals surface area (Å²) < 4.78 is 1.81. The van der Waals surface area contributed by atoms with Crippen LogP contribution >= 0.6 is 0 Å². The van der Waals surface area contributed by atoms with E-state index < -0.39 is 0 Å². The van der Waals surface area contributed by atoms with Gasteiger partial charge in [-0.2, -0.15) is 5.10 Å². The third-order valence-corrected chi connectivity index (χ3v) is 3.15. The van der Waals surface area contributed by atoms with Crippen molar-refractivity contribution >= 4 is 0 Å². The predicted octanol–water partition coefficient (Wildman–Crippen LogP) is 2.39. The van der Waals surface area contributed by atoms with Gasteiger partial charge in [0.25, 0.3) is 0 Å². The first kappa shape index (κ1) is 11.9. The number of hydrogen-bond donors (Lipinski definition) is 1. The van der Waals surface area contributed by atoms with Crippen molar-refractivity contribution in [1.29, 1.82) is 0 Å².